The van der Waals surface area contributed by atoms with E-state index < -0.39 is 10.0 Å². The highest BCUT2D eigenvalue weighted by Gasteiger charge is 2.26. The van der Waals surface area contributed by atoms with Crippen molar-refractivity contribution < 1.29 is 13.2 Å². The van der Waals surface area contributed by atoms with Crippen LogP contribution in [0.3, 0.4) is 0 Å². The molecule has 0 aromatic heterocycles. The van der Waals surface area contributed by atoms with Crippen molar-refractivity contribution in [3.63, 3.8) is 0 Å². The molecule has 0 fully saturated rings. The Morgan fingerprint density at radius 2 is 1.77 bits per heavy atom. The third kappa shape index (κ3) is 4.31. The van der Waals surface area contributed by atoms with Gasteiger partial charge in [0.15, 0.2) is 0 Å². The van der Waals surface area contributed by atoms with Gasteiger partial charge in [0.05, 0.1) is 5.75 Å². The molecule has 6 heteroatoms. The smallest absolute Gasteiger partial charge is 0.251 e. The fourth-order valence-corrected chi connectivity index (χ4v) is 4.69. The van der Waals surface area contributed by atoms with Crippen molar-refractivity contribution >= 4 is 15.9 Å². The van der Waals surface area contributed by atoms with Crippen molar-refractivity contribution in [1.29, 1.82) is 0 Å². The maximum atomic E-state index is 12.6. The highest BCUT2D eigenvalue weighted by molar-refractivity contribution is 7.89. The van der Waals surface area contributed by atoms with Crippen LogP contribution in [-0.4, -0.2) is 37.5 Å². The molecule has 2 aromatic rings. The van der Waals surface area contributed by atoms with Crippen molar-refractivity contribution in [2.24, 2.45) is 0 Å². The van der Waals surface area contributed by atoms with Gasteiger partial charge in [-0.1, -0.05) is 42.5 Å². The maximum Gasteiger partial charge on any atom is 0.251 e. The van der Waals surface area contributed by atoms with E-state index in [1.54, 1.807) is 10.4 Å². The largest absolute Gasteiger partial charge is 0.352 e. The predicted octanol–water partition coefficient (Wildman–Crippen LogP) is 2.50. The molecule has 1 aliphatic heterocycles. The van der Waals surface area contributed by atoms with E-state index in [4.69, 9.17) is 0 Å². The molecule has 0 unspecified atom stereocenters. The summed E-state index contributed by atoms with van der Waals surface area (Å²) >= 11 is 0. The number of nitrogens with zero attached hydrogens (tertiary/aromatic N) is 1. The van der Waals surface area contributed by atoms with Gasteiger partial charge in [0.2, 0.25) is 10.0 Å². The second kappa shape index (κ2) is 8.01. The average molecular weight is 372 g/mol. The van der Waals surface area contributed by atoms with Crippen LogP contribution in [0, 0.1) is 6.92 Å². The molecule has 1 aliphatic rings. The summed E-state index contributed by atoms with van der Waals surface area (Å²) in [5.41, 5.74) is 3.84. The molecule has 26 heavy (non-hydrogen) atoms. The maximum absolute atomic E-state index is 12.6. The Morgan fingerprint density at radius 3 is 2.54 bits per heavy atom. The lowest BCUT2D eigenvalue weighted by atomic mass is 10.0. The Labute approximate surface area is 155 Å². The van der Waals surface area contributed by atoms with E-state index in [9.17, 15) is 13.2 Å². The molecule has 1 heterocycles. The van der Waals surface area contributed by atoms with E-state index in [0.29, 0.717) is 31.6 Å². The van der Waals surface area contributed by atoms with Crippen molar-refractivity contribution in [2.75, 3.05) is 18.8 Å². The lowest BCUT2D eigenvalue weighted by Crippen LogP contribution is -2.38. The van der Waals surface area contributed by atoms with Crippen LogP contribution in [-0.2, 0) is 23.0 Å². The van der Waals surface area contributed by atoms with Gasteiger partial charge < -0.3 is 5.32 Å². The normalized spacial score (nSPS) is 14.7. The van der Waals surface area contributed by atoms with Crippen LogP contribution in [0.5, 0.6) is 0 Å². The number of hydrogen-bond donors (Lipinski definition) is 1. The van der Waals surface area contributed by atoms with Gasteiger partial charge in [0, 0.05) is 25.2 Å². The van der Waals surface area contributed by atoms with E-state index in [1.165, 1.54) is 5.56 Å². The van der Waals surface area contributed by atoms with E-state index in [-0.39, 0.29) is 11.7 Å². The van der Waals surface area contributed by atoms with Gasteiger partial charge >= 0.3 is 0 Å². The third-order valence-electron chi connectivity index (χ3n) is 4.74. The summed E-state index contributed by atoms with van der Waals surface area (Å²) in [7, 11) is -3.31. The molecule has 0 radical (unpaired) electrons. The van der Waals surface area contributed by atoms with Crippen LogP contribution in [0.1, 0.15) is 33.5 Å². The monoisotopic (exact) mass is 372 g/mol. The Morgan fingerprint density at radius 1 is 1.08 bits per heavy atom. The molecular weight excluding hydrogens is 348 g/mol. The first-order valence-corrected chi connectivity index (χ1v) is 10.5. The first-order valence-electron chi connectivity index (χ1n) is 8.86. The average Bonchev–Trinajstić information content (AvgIpc) is 2.65. The van der Waals surface area contributed by atoms with Crippen LogP contribution in [0.2, 0.25) is 0 Å². The van der Waals surface area contributed by atoms with Crippen LogP contribution in [0.15, 0.2) is 48.5 Å². The van der Waals surface area contributed by atoms with E-state index in [1.807, 2.05) is 43.3 Å². The number of carbonyl (C=O) groups is 1. The molecule has 0 saturated carbocycles. The summed E-state index contributed by atoms with van der Waals surface area (Å²) in [6.07, 6.45) is 1.15. The number of carbonyl (C=O) groups excluding carboxylic acids is 1. The zero-order chi connectivity index (χ0) is 18.6. The molecule has 1 amide bonds. The summed E-state index contributed by atoms with van der Waals surface area (Å²) in [6, 6.07) is 15.3. The molecule has 3 rings (SSSR count). The van der Waals surface area contributed by atoms with Gasteiger partial charge in [-0.2, -0.15) is 4.31 Å². The van der Waals surface area contributed by atoms with Crippen LogP contribution < -0.4 is 5.32 Å². The highest BCUT2D eigenvalue weighted by atomic mass is 32.2. The number of benzene rings is 2. The molecule has 0 aliphatic carbocycles. The topological polar surface area (TPSA) is 66.5 Å². The van der Waals surface area contributed by atoms with Crippen molar-refractivity contribution in [2.45, 2.75) is 26.3 Å². The second-order valence-electron chi connectivity index (χ2n) is 6.59. The number of rotatable bonds is 6. The molecule has 0 saturated heterocycles. The van der Waals surface area contributed by atoms with Crippen molar-refractivity contribution in [3.05, 3.63) is 70.8 Å². The number of aryl methyl sites for hydroxylation is 1. The van der Waals surface area contributed by atoms with Gasteiger partial charge in [-0.25, -0.2) is 8.42 Å². The summed E-state index contributed by atoms with van der Waals surface area (Å²) in [5.74, 6) is -0.115. The summed E-state index contributed by atoms with van der Waals surface area (Å²) < 4.78 is 26.7. The van der Waals surface area contributed by atoms with E-state index in [2.05, 4.69) is 11.4 Å². The minimum absolute atomic E-state index is 0.0449. The minimum atomic E-state index is -3.31. The standard InChI is InChI=1S/C20H24N2O3S/c1-16-7-2-5-10-19(16)20(23)21-12-6-14-26(24,25)22-13-11-17-8-3-4-9-18(17)15-22/h2-5,7-10H,6,11-15H2,1H3,(H,21,23). The fraction of sp³-hybridized carbons (Fsp3) is 0.350. The molecule has 0 atom stereocenters. The predicted molar refractivity (Wildman–Crippen MR) is 102 cm³/mol. The van der Waals surface area contributed by atoms with Gasteiger partial charge in [0.1, 0.15) is 0 Å². The lowest BCUT2D eigenvalue weighted by molar-refractivity contribution is 0.0953. The lowest BCUT2D eigenvalue weighted by Gasteiger charge is -2.28. The Bertz CT molecular complexity index is 893. The SMILES string of the molecule is Cc1ccccc1C(=O)NCCCS(=O)(=O)N1CCc2ccccc2C1. The molecule has 0 spiro atoms. The third-order valence-corrected chi connectivity index (χ3v) is 6.65. The Hall–Kier alpha value is -2.18. The van der Waals surface area contributed by atoms with Crippen molar-refractivity contribution in [1.82, 2.24) is 9.62 Å². The van der Waals surface area contributed by atoms with Crippen LogP contribution >= 0.6 is 0 Å². The number of amides is 1. The van der Waals surface area contributed by atoms with E-state index >= 15 is 0 Å². The summed E-state index contributed by atoms with van der Waals surface area (Å²) in [6.45, 7) is 3.19. The van der Waals surface area contributed by atoms with Gasteiger partial charge in [0.25, 0.3) is 5.91 Å². The quantitative estimate of drug-likeness (QED) is 0.793. The Balaban J connectivity index is 1.50. The van der Waals surface area contributed by atoms with Crippen LogP contribution in [0.25, 0.3) is 0 Å². The Kier molecular flexibility index (Phi) is 5.74. The molecule has 0 bridgehead atoms. The van der Waals surface area contributed by atoms with Gasteiger partial charge in [-0.05, 0) is 42.5 Å². The molecule has 1 N–H and O–H groups in total. The summed E-state index contributed by atoms with van der Waals surface area (Å²) in [5, 5.41) is 2.81. The number of nitrogens with one attached hydrogen (secondary N) is 1. The molecule has 2 aromatic carbocycles. The van der Waals surface area contributed by atoms with Crippen LogP contribution in [0.4, 0.5) is 0 Å². The molecular formula is C20H24N2O3S. The van der Waals surface area contributed by atoms with Crippen molar-refractivity contribution in [3.8, 4) is 0 Å². The fourth-order valence-electron chi connectivity index (χ4n) is 3.22. The molecule has 5 nitrogen and oxygen atoms in total. The number of sulfonamides is 1. The zero-order valence-electron chi connectivity index (χ0n) is 14.9. The first-order chi connectivity index (χ1) is 12.5. The highest BCUT2D eigenvalue weighted by Crippen LogP contribution is 2.21. The minimum Gasteiger partial charge on any atom is -0.352 e. The summed E-state index contributed by atoms with van der Waals surface area (Å²) in [4.78, 5) is 12.2. The second-order valence-corrected chi connectivity index (χ2v) is 8.68. The molecule has 138 valence electrons. The zero-order valence-corrected chi connectivity index (χ0v) is 15.8. The van der Waals surface area contributed by atoms with Gasteiger partial charge in [-0.15, -0.1) is 0 Å². The number of fused-ring (bicyclic) bond motifs is 1. The first kappa shape index (κ1) is 18.6. The number of hydrogen-bond acceptors (Lipinski definition) is 3. The van der Waals surface area contributed by atoms with Gasteiger partial charge in [-0.3, -0.25) is 4.79 Å². The van der Waals surface area contributed by atoms with E-state index in [0.717, 1.165) is 17.5 Å².